The molecule has 6 nitrogen and oxygen atoms in total. The molecule has 0 amide bonds. The third-order valence-electron chi connectivity index (χ3n) is 3.09. The number of aliphatic hydroxyl groups excluding tert-OH is 2. The molecule has 0 spiro atoms. The van der Waals surface area contributed by atoms with Crippen molar-refractivity contribution in [2.24, 2.45) is 0 Å². The number of rotatable bonds is 5. The molecule has 0 radical (unpaired) electrons. The fourth-order valence-corrected chi connectivity index (χ4v) is 2.05. The smallest absolute Gasteiger partial charge is 0.0942 e. The summed E-state index contributed by atoms with van der Waals surface area (Å²) in [5, 5.41) is 21.2. The average Bonchev–Trinajstić information content (AvgIpc) is 2.45. The van der Waals surface area contributed by atoms with Gasteiger partial charge in [0.2, 0.25) is 0 Å². The molecule has 9 N–H and O–H groups in total. The van der Waals surface area contributed by atoms with Crippen LogP contribution in [-0.2, 0) is 0 Å². The zero-order valence-corrected chi connectivity index (χ0v) is 11.6. The number of anilines is 4. The van der Waals surface area contributed by atoms with E-state index in [0.29, 0.717) is 17.1 Å². The maximum Gasteiger partial charge on any atom is 0.0942 e. The van der Waals surface area contributed by atoms with Gasteiger partial charge in [-0.1, -0.05) is 0 Å². The second-order valence-electron chi connectivity index (χ2n) is 4.91. The van der Waals surface area contributed by atoms with E-state index in [4.69, 9.17) is 22.3 Å². The molecule has 0 aliphatic rings. The maximum atomic E-state index is 9.36. The Morgan fingerprint density at radius 2 is 1.67 bits per heavy atom. The van der Waals surface area contributed by atoms with Crippen molar-refractivity contribution in [3.8, 4) is 11.1 Å². The maximum absolute atomic E-state index is 9.36. The third-order valence-corrected chi connectivity index (χ3v) is 3.09. The summed E-state index contributed by atoms with van der Waals surface area (Å²) in [4.78, 5) is 0. The van der Waals surface area contributed by atoms with E-state index in [1.807, 2.05) is 6.07 Å². The van der Waals surface area contributed by atoms with Crippen molar-refractivity contribution in [3.63, 3.8) is 0 Å². The van der Waals surface area contributed by atoms with Crippen molar-refractivity contribution >= 4 is 22.7 Å². The van der Waals surface area contributed by atoms with Crippen LogP contribution in [0.1, 0.15) is 0 Å². The molecule has 6 heteroatoms. The third kappa shape index (κ3) is 3.77. The Balaban J connectivity index is 2.30. The number of nitrogen functional groups attached to an aromatic ring is 3. The Bertz CT molecular complexity index is 611. The van der Waals surface area contributed by atoms with Crippen molar-refractivity contribution in [3.05, 3.63) is 36.4 Å². The zero-order valence-electron chi connectivity index (χ0n) is 11.6. The molecule has 0 saturated carbocycles. The predicted molar refractivity (Wildman–Crippen MR) is 86.7 cm³/mol. The van der Waals surface area contributed by atoms with Crippen molar-refractivity contribution in [1.82, 2.24) is 0 Å². The summed E-state index contributed by atoms with van der Waals surface area (Å²) in [6, 6.07) is 10.7. The van der Waals surface area contributed by atoms with Crippen LogP contribution in [0.15, 0.2) is 36.4 Å². The van der Waals surface area contributed by atoms with Gasteiger partial charge in [-0.15, -0.1) is 0 Å². The second kappa shape index (κ2) is 6.34. The van der Waals surface area contributed by atoms with E-state index in [9.17, 15) is 5.11 Å². The molecule has 0 fully saturated rings. The molecular weight excluding hydrogens is 268 g/mol. The lowest BCUT2D eigenvalue weighted by Gasteiger charge is -2.13. The van der Waals surface area contributed by atoms with Crippen LogP contribution in [0.25, 0.3) is 11.1 Å². The lowest BCUT2D eigenvalue weighted by atomic mass is 10.0. The summed E-state index contributed by atoms with van der Waals surface area (Å²) in [6.07, 6.45) is -0.811. The Labute approximate surface area is 123 Å². The van der Waals surface area contributed by atoms with Crippen LogP contribution in [0.3, 0.4) is 0 Å². The van der Waals surface area contributed by atoms with E-state index in [2.05, 4.69) is 5.32 Å². The highest BCUT2D eigenvalue weighted by atomic mass is 16.3. The van der Waals surface area contributed by atoms with E-state index in [1.165, 1.54) is 0 Å². The summed E-state index contributed by atoms with van der Waals surface area (Å²) in [5.41, 5.74) is 21.8. The van der Waals surface area contributed by atoms with Crippen LogP contribution in [0, 0.1) is 0 Å². The first-order valence-corrected chi connectivity index (χ1v) is 6.58. The van der Waals surface area contributed by atoms with Gasteiger partial charge in [-0.25, -0.2) is 0 Å². The lowest BCUT2D eigenvalue weighted by Crippen LogP contribution is -2.22. The highest BCUT2D eigenvalue weighted by molar-refractivity contribution is 5.83. The van der Waals surface area contributed by atoms with Gasteiger partial charge in [-0.3, -0.25) is 0 Å². The summed E-state index contributed by atoms with van der Waals surface area (Å²) in [6.45, 7) is -0.0422. The Morgan fingerprint density at radius 1 is 1.00 bits per heavy atom. The first kappa shape index (κ1) is 15.0. The minimum absolute atomic E-state index is 0.249. The summed E-state index contributed by atoms with van der Waals surface area (Å²) in [5.74, 6) is 0. The number of nitrogens with two attached hydrogens (primary N) is 3. The predicted octanol–water partition coefficient (Wildman–Crippen LogP) is 0.865. The minimum Gasteiger partial charge on any atom is -0.399 e. The minimum atomic E-state index is -0.811. The molecule has 21 heavy (non-hydrogen) atoms. The van der Waals surface area contributed by atoms with Gasteiger partial charge < -0.3 is 32.7 Å². The van der Waals surface area contributed by atoms with E-state index in [0.717, 1.165) is 16.8 Å². The molecule has 2 rings (SSSR count). The monoisotopic (exact) mass is 288 g/mol. The van der Waals surface area contributed by atoms with Gasteiger partial charge >= 0.3 is 0 Å². The fraction of sp³-hybridized carbons (Fsp3) is 0.200. The Morgan fingerprint density at radius 3 is 2.29 bits per heavy atom. The SMILES string of the molecule is Nc1cc(N)cc(-c2cc(NCC(O)CO)ccc2N)c1. The summed E-state index contributed by atoms with van der Waals surface area (Å²) >= 11 is 0. The number of nitrogens with one attached hydrogen (secondary N) is 1. The quantitative estimate of drug-likeness (QED) is 0.453. The van der Waals surface area contributed by atoms with E-state index in [-0.39, 0.29) is 13.2 Å². The summed E-state index contributed by atoms with van der Waals surface area (Å²) < 4.78 is 0. The largest absolute Gasteiger partial charge is 0.399 e. The van der Waals surface area contributed by atoms with Crippen LogP contribution in [-0.4, -0.2) is 29.5 Å². The molecule has 0 bridgehead atoms. The number of benzene rings is 2. The Kier molecular flexibility index (Phi) is 4.52. The molecule has 1 unspecified atom stereocenters. The van der Waals surface area contributed by atoms with E-state index in [1.54, 1.807) is 30.3 Å². The molecule has 0 aliphatic heterocycles. The van der Waals surface area contributed by atoms with Gasteiger partial charge in [-0.2, -0.15) is 0 Å². The molecule has 112 valence electrons. The highest BCUT2D eigenvalue weighted by Crippen LogP contribution is 2.31. The van der Waals surface area contributed by atoms with Gasteiger partial charge in [-0.05, 0) is 42.0 Å². The molecular formula is C15H20N4O2. The van der Waals surface area contributed by atoms with Crippen molar-refractivity contribution < 1.29 is 10.2 Å². The molecule has 0 saturated heterocycles. The Hall–Kier alpha value is -2.44. The van der Waals surface area contributed by atoms with Gasteiger partial charge in [0.05, 0.1) is 12.7 Å². The van der Waals surface area contributed by atoms with E-state index < -0.39 is 6.10 Å². The number of hydrogen-bond acceptors (Lipinski definition) is 6. The standard InChI is InChI=1S/C15H20N4O2/c16-10-3-9(4-11(17)5-10)14-6-12(1-2-15(14)18)19-7-13(21)8-20/h1-6,13,19-21H,7-8,16-18H2. The molecule has 0 aromatic heterocycles. The van der Waals surface area contributed by atoms with Gasteiger partial charge in [0.1, 0.15) is 0 Å². The van der Waals surface area contributed by atoms with Gasteiger partial charge in [0.15, 0.2) is 0 Å². The zero-order chi connectivity index (χ0) is 15.4. The molecule has 2 aromatic rings. The number of hydrogen-bond donors (Lipinski definition) is 6. The molecule has 0 heterocycles. The van der Waals surface area contributed by atoms with Crippen LogP contribution in [0.2, 0.25) is 0 Å². The highest BCUT2D eigenvalue weighted by Gasteiger charge is 2.07. The van der Waals surface area contributed by atoms with Crippen molar-refractivity contribution in [2.75, 3.05) is 35.7 Å². The molecule has 1 atom stereocenters. The van der Waals surface area contributed by atoms with Gasteiger partial charge in [0.25, 0.3) is 0 Å². The first-order valence-electron chi connectivity index (χ1n) is 6.58. The first-order chi connectivity index (χ1) is 9.99. The van der Waals surface area contributed by atoms with E-state index >= 15 is 0 Å². The molecule has 2 aromatic carbocycles. The van der Waals surface area contributed by atoms with Crippen molar-refractivity contribution in [1.29, 1.82) is 0 Å². The normalized spacial score (nSPS) is 12.1. The fourth-order valence-electron chi connectivity index (χ4n) is 2.05. The van der Waals surface area contributed by atoms with Gasteiger partial charge in [0, 0.05) is 34.9 Å². The number of aliphatic hydroxyl groups is 2. The van der Waals surface area contributed by atoms with Crippen molar-refractivity contribution in [2.45, 2.75) is 6.10 Å². The van der Waals surface area contributed by atoms with Crippen LogP contribution < -0.4 is 22.5 Å². The van der Waals surface area contributed by atoms with Crippen LogP contribution >= 0.6 is 0 Å². The topological polar surface area (TPSA) is 131 Å². The van der Waals surface area contributed by atoms with Crippen LogP contribution in [0.5, 0.6) is 0 Å². The average molecular weight is 288 g/mol. The lowest BCUT2D eigenvalue weighted by molar-refractivity contribution is 0.105. The second-order valence-corrected chi connectivity index (χ2v) is 4.91. The summed E-state index contributed by atoms with van der Waals surface area (Å²) in [7, 11) is 0. The van der Waals surface area contributed by atoms with Crippen LogP contribution in [0.4, 0.5) is 22.7 Å². The molecule has 0 aliphatic carbocycles.